The third-order valence-electron chi connectivity index (χ3n) is 3.51. The highest BCUT2D eigenvalue weighted by Crippen LogP contribution is 2.35. The summed E-state index contributed by atoms with van der Waals surface area (Å²) >= 11 is 1.63. The van der Waals surface area contributed by atoms with Crippen molar-refractivity contribution in [3.8, 4) is 11.5 Å². The van der Waals surface area contributed by atoms with Crippen molar-refractivity contribution in [3.63, 3.8) is 0 Å². The number of thioether (sulfide) groups is 1. The zero-order chi connectivity index (χ0) is 15.2. The van der Waals surface area contributed by atoms with Crippen LogP contribution in [-0.4, -0.2) is 62.9 Å². The van der Waals surface area contributed by atoms with Crippen LogP contribution in [0.2, 0.25) is 0 Å². The van der Waals surface area contributed by atoms with Crippen molar-refractivity contribution in [2.24, 2.45) is 0 Å². The Morgan fingerprint density at radius 3 is 2.76 bits per heavy atom. The van der Waals surface area contributed by atoms with Crippen LogP contribution >= 0.6 is 11.8 Å². The summed E-state index contributed by atoms with van der Waals surface area (Å²) in [5, 5.41) is 9.82. The molecule has 0 radical (unpaired) electrons. The first-order chi connectivity index (χ1) is 10.2. The van der Waals surface area contributed by atoms with E-state index in [1.54, 1.807) is 26.0 Å². The molecule has 1 aromatic carbocycles. The second-order valence-electron chi connectivity index (χ2n) is 4.98. The van der Waals surface area contributed by atoms with Gasteiger partial charge in [-0.25, -0.2) is 0 Å². The predicted molar refractivity (Wildman–Crippen MR) is 83.4 cm³/mol. The van der Waals surface area contributed by atoms with Crippen LogP contribution in [0.15, 0.2) is 17.0 Å². The molecule has 21 heavy (non-hydrogen) atoms. The maximum Gasteiger partial charge on any atom is 0.132 e. The normalized spacial score (nSPS) is 20.1. The number of ether oxygens (including phenoxy) is 3. The standard InChI is InChI=1S/C15H23NO4S/c1-18-13-7-15(21-3)14(19-2)6-11(13)8-16-4-5-20-10-12(17)9-16/h6-7,12,17H,4-5,8-10H2,1-3H3/t12-/m1/s1. The molecular weight excluding hydrogens is 290 g/mol. The van der Waals surface area contributed by atoms with Crippen molar-refractivity contribution in [3.05, 3.63) is 17.7 Å². The minimum absolute atomic E-state index is 0.405. The largest absolute Gasteiger partial charge is 0.496 e. The zero-order valence-electron chi connectivity index (χ0n) is 12.8. The number of aliphatic hydroxyl groups is 1. The number of nitrogens with zero attached hydrogens (tertiary/aromatic N) is 1. The van der Waals surface area contributed by atoms with Crippen molar-refractivity contribution in [1.82, 2.24) is 4.90 Å². The van der Waals surface area contributed by atoms with Gasteiger partial charge in [0, 0.05) is 25.2 Å². The molecule has 118 valence electrons. The number of hydrogen-bond donors (Lipinski definition) is 1. The van der Waals surface area contributed by atoms with Gasteiger partial charge in [0.1, 0.15) is 11.5 Å². The molecule has 1 aliphatic rings. The smallest absolute Gasteiger partial charge is 0.132 e. The topological polar surface area (TPSA) is 51.2 Å². The molecule has 5 nitrogen and oxygen atoms in total. The molecule has 2 rings (SSSR count). The molecule has 0 bridgehead atoms. The third-order valence-corrected chi connectivity index (χ3v) is 4.27. The molecule has 0 saturated carbocycles. The Hall–Kier alpha value is -0.950. The Balaban J connectivity index is 2.21. The van der Waals surface area contributed by atoms with Gasteiger partial charge in [-0.3, -0.25) is 4.90 Å². The first-order valence-electron chi connectivity index (χ1n) is 6.95. The van der Waals surface area contributed by atoms with Crippen molar-refractivity contribution < 1.29 is 19.3 Å². The van der Waals surface area contributed by atoms with Gasteiger partial charge >= 0.3 is 0 Å². The van der Waals surface area contributed by atoms with Gasteiger partial charge in [0.15, 0.2) is 0 Å². The monoisotopic (exact) mass is 313 g/mol. The fourth-order valence-corrected chi connectivity index (χ4v) is 3.02. The molecule has 1 aromatic rings. The molecule has 6 heteroatoms. The third kappa shape index (κ3) is 4.26. The molecule has 0 unspecified atom stereocenters. The van der Waals surface area contributed by atoms with E-state index >= 15 is 0 Å². The Morgan fingerprint density at radius 1 is 1.33 bits per heavy atom. The van der Waals surface area contributed by atoms with Crippen LogP contribution < -0.4 is 9.47 Å². The van der Waals surface area contributed by atoms with Crippen LogP contribution in [0.1, 0.15) is 5.56 Å². The second kappa shape index (κ2) is 7.89. The van der Waals surface area contributed by atoms with E-state index in [2.05, 4.69) is 4.90 Å². The number of aliphatic hydroxyl groups excluding tert-OH is 1. The lowest BCUT2D eigenvalue weighted by Crippen LogP contribution is -2.32. The summed E-state index contributed by atoms with van der Waals surface area (Å²) in [5.74, 6) is 1.70. The summed E-state index contributed by atoms with van der Waals surface area (Å²) in [4.78, 5) is 3.23. The van der Waals surface area contributed by atoms with Crippen LogP contribution in [0.25, 0.3) is 0 Å². The van der Waals surface area contributed by atoms with Crippen molar-refractivity contribution in [1.29, 1.82) is 0 Å². The number of β-amino-alcohol motifs (C(OH)–C–C–N with tert-alkyl or cyclic N) is 1. The SMILES string of the molecule is COc1cc(SC)c(OC)cc1CN1CCOC[C@H](O)C1. The fourth-order valence-electron chi connectivity index (χ4n) is 2.46. The van der Waals surface area contributed by atoms with Crippen LogP contribution in [-0.2, 0) is 11.3 Å². The van der Waals surface area contributed by atoms with E-state index in [0.29, 0.717) is 26.3 Å². The Morgan fingerprint density at radius 2 is 2.10 bits per heavy atom. The van der Waals surface area contributed by atoms with E-state index in [9.17, 15) is 5.11 Å². The second-order valence-corrected chi connectivity index (χ2v) is 5.83. The average Bonchev–Trinajstić information content (AvgIpc) is 2.70. The number of hydrogen-bond acceptors (Lipinski definition) is 6. The first kappa shape index (κ1) is 16.4. The molecule has 0 aromatic heterocycles. The van der Waals surface area contributed by atoms with E-state index < -0.39 is 6.10 Å². The number of methoxy groups -OCH3 is 2. The lowest BCUT2D eigenvalue weighted by atomic mass is 10.1. The van der Waals surface area contributed by atoms with Gasteiger partial charge in [0.2, 0.25) is 0 Å². The highest BCUT2D eigenvalue weighted by Gasteiger charge is 2.19. The minimum Gasteiger partial charge on any atom is -0.496 e. The van der Waals surface area contributed by atoms with Gasteiger partial charge in [-0.05, 0) is 18.4 Å². The first-order valence-corrected chi connectivity index (χ1v) is 8.17. The molecule has 1 atom stereocenters. The maximum absolute atomic E-state index is 9.82. The van der Waals surface area contributed by atoms with Gasteiger partial charge in [-0.1, -0.05) is 0 Å². The van der Waals surface area contributed by atoms with Crippen molar-refractivity contribution in [2.45, 2.75) is 17.5 Å². The van der Waals surface area contributed by atoms with E-state index in [0.717, 1.165) is 28.5 Å². The molecule has 1 heterocycles. The summed E-state index contributed by atoms with van der Waals surface area (Å²) in [6.07, 6.45) is 1.57. The van der Waals surface area contributed by atoms with Crippen molar-refractivity contribution in [2.75, 3.05) is 46.8 Å². The van der Waals surface area contributed by atoms with Gasteiger partial charge in [-0.2, -0.15) is 0 Å². The molecule has 1 fully saturated rings. The summed E-state index contributed by atoms with van der Waals surface area (Å²) in [5.41, 5.74) is 1.06. The summed E-state index contributed by atoms with van der Waals surface area (Å²) < 4.78 is 16.3. The summed E-state index contributed by atoms with van der Waals surface area (Å²) in [6, 6.07) is 4.02. The molecule has 1 N–H and O–H groups in total. The maximum atomic E-state index is 9.82. The quantitative estimate of drug-likeness (QED) is 0.834. The van der Waals surface area contributed by atoms with Crippen LogP contribution in [0.3, 0.4) is 0 Å². The number of benzene rings is 1. The van der Waals surface area contributed by atoms with E-state index in [1.165, 1.54) is 0 Å². The van der Waals surface area contributed by atoms with Crippen molar-refractivity contribution >= 4 is 11.8 Å². The number of rotatable bonds is 5. The molecular formula is C15H23NO4S. The predicted octanol–water partition coefficient (Wildman–Crippen LogP) is 1.62. The molecule has 0 amide bonds. The zero-order valence-corrected chi connectivity index (χ0v) is 13.6. The average molecular weight is 313 g/mol. The Kier molecular flexibility index (Phi) is 6.17. The lowest BCUT2D eigenvalue weighted by molar-refractivity contribution is 0.0562. The summed E-state index contributed by atoms with van der Waals surface area (Å²) in [7, 11) is 3.35. The molecule has 1 aliphatic heterocycles. The van der Waals surface area contributed by atoms with E-state index in [-0.39, 0.29) is 0 Å². The fraction of sp³-hybridized carbons (Fsp3) is 0.600. The Bertz CT molecular complexity index is 469. The molecule has 0 aliphatic carbocycles. The highest BCUT2D eigenvalue weighted by atomic mass is 32.2. The van der Waals surface area contributed by atoms with E-state index in [1.807, 2.05) is 18.4 Å². The van der Waals surface area contributed by atoms with E-state index in [4.69, 9.17) is 14.2 Å². The summed E-state index contributed by atoms with van der Waals surface area (Å²) in [6.45, 7) is 3.15. The van der Waals surface area contributed by atoms with Gasteiger partial charge < -0.3 is 19.3 Å². The Labute approximate surface area is 130 Å². The minimum atomic E-state index is -0.439. The highest BCUT2D eigenvalue weighted by molar-refractivity contribution is 7.98. The van der Waals surface area contributed by atoms with Gasteiger partial charge in [0.05, 0.1) is 38.4 Å². The van der Waals surface area contributed by atoms with Crippen LogP contribution in [0.5, 0.6) is 11.5 Å². The van der Waals surface area contributed by atoms with Gasteiger partial charge in [-0.15, -0.1) is 11.8 Å². The molecule has 1 saturated heterocycles. The van der Waals surface area contributed by atoms with Gasteiger partial charge in [0.25, 0.3) is 0 Å². The lowest BCUT2D eigenvalue weighted by Gasteiger charge is -2.23. The molecule has 0 spiro atoms. The van der Waals surface area contributed by atoms with Crippen LogP contribution in [0, 0.1) is 0 Å². The van der Waals surface area contributed by atoms with Crippen LogP contribution in [0.4, 0.5) is 0 Å².